The van der Waals surface area contributed by atoms with Crippen LogP contribution in [-0.4, -0.2) is 36.8 Å². The highest BCUT2D eigenvalue weighted by atomic mass is 16.6. The van der Waals surface area contributed by atoms with Crippen molar-refractivity contribution in [3.63, 3.8) is 0 Å². The van der Waals surface area contributed by atoms with Gasteiger partial charge in [0.1, 0.15) is 11.6 Å². The Morgan fingerprint density at radius 2 is 1.67 bits per heavy atom. The van der Waals surface area contributed by atoms with Crippen molar-refractivity contribution in [1.82, 2.24) is 16.2 Å². The van der Waals surface area contributed by atoms with E-state index >= 15 is 0 Å². The van der Waals surface area contributed by atoms with Crippen LogP contribution in [0.15, 0.2) is 0 Å². The van der Waals surface area contributed by atoms with Crippen LogP contribution in [0.1, 0.15) is 41.0 Å². The second-order valence-electron chi connectivity index (χ2n) is 5.62. The minimum absolute atomic E-state index is 0.135. The summed E-state index contributed by atoms with van der Waals surface area (Å²) in [6.07, 6.45) is -0.835. The molecule has 0 aromatic rings. The third-order valence-corrected chi connectivity index (χ3v) is 2.64. The molecule has 0 aliphatic heterocycles. The number of hydrogen-bond acceptors (Lipinski definition) is 5. The summed E-state index contributed by atoms with van der Waals surface area (Å²) < 4.78 is 9.46. The Balaban J connectivity index is 4.54. The van der Waals surface area contributed by atoms with Crippen LogP contribution in [-0.2, 0) is 14.3 Å². The maximum Gasteiger partial charge on any atom is 0.426 e. The van der Waals surface area contributed by atoms with Gasteiger partial charge in [0.15, 0.2) is 0 Å². The fourth-order valence-electron chi connectivity index (χ4n) is 1.38. The van der Waals surface area contributed by atoms with E-state index in [1.807, 2.05) is 6.92 Å². The number of carbonyl (C=O) groups is 3. The van der Waals surface area contributed by atoms with Crippen LogP contribution in [0.4, 0.5) is 9.59 Å². The zero-order valence-electron chi connectivity index (χ0n) is 13.4. The molecular weight excluding hydrogens is 278 g/mol. The molecule has 3 amide bonds. The minimum atomic E-state index is -0.822. The van der Waals surface area contributed by atoms with Gasteiger partial charge in [-0.1, -0.05) is 20.3 Å². The first-order valence-corrected chi connectivity index (χ1v) is 6.74. The van der Waals surface area contributed by atoms with Crippen LogP contribution in [0, 0.1) is 5.92 Å². The Morgan fingerprint density at radius 1 is 1.10 bits per heavy atom. The first-order chi connectivity index (χ1) is 9.60. The highest BCUT2D eigenvalue weighted by Crippen LogP contribution is 2.08. The molecule has 2 unspecified atom stereocenters. The number of ether oxygens (including phenoxy) is 2. The second-order valence-corrected chi connectivity index (χ2v) is 5.62. The van der Waals surface area contributed by atoms with Crippen LogP contribution in [0.5, 0.6) is 0 Å². The van der Waals surface area contributed by atoms with Gasteiger partial charge in [0.05, 0.1) is 7.11 Å². The molecule has 0 saturated carbocycles. The van der Waals surface area contributed by atoms with E-state index in [1.165, 1.54) is 7.11 Å². The molecule has 0 aromatic heterocycles. The van der Waals surface area contributed by atoms with Gasteiger partial charge < -0.3 is 14.8 Å². The molecule has 0 heterocycles. The third kappa shape index (κ3) is 8.01. The van der Waals surface area contributed by atoms with Crippen LogP contribution in [0.3, 0.4) is 0 Å². The van der Waals surface area contributed by atoms with Gasteiger partial charge in [0.2, 0.25) is 0 Å². The number of hydrogen-bond donors (Lipinski definition) is 3. The summed E-state index contributed by atoms with van der Waals surface area (Å²) in [6.45, 7) is 8.79. The van der Waals surface area contributed by atoms with E-state index in [2.05, 4.69) is 20.9 Å². The van der Waals surface area contributed by atoms with Crippen LogP contribution >= 0.6 is 0 Å². The SMILES string of the molecule is CCC(C)C(NC(=O)OC)C(=O)NNC(=O)OC(C)(C)C. The topological polar surface area (TPSA) is 106 Å². The van der Waals surface area contributed by atoms with Crippen LogP contribution < -0.4 is 16.2 Å². The van der Waals surface area contributed by atoms with Gasteiger partial charge in [-0.3, -0.25) is 10.2 Å². The predicted molar refractivity (Wildman–Crippen MR) is 76.3 cm³/mol. The van der Waals surface area contributed by atoms with E-state index in [4.69, 9.17) is 4.74 Å². The molecule has 0 aromatic carbocycles. The third-order valence-electron chi connectivity index (χ3n) is 2.64. The van der Waals surface area contributed by atoms with Gasteiger partial charge in [-0.15, -0.1) is 0 Å². The average molecular weight is 303 g/mol. The predicted octanol–water partition coefficient (Wildman–Crippen LogP) is 1.31. The zero-order valence-corrected chi connectivity index (χ0v) is 13.4. The second kappa shape index (κ2) is 8.33. The molecular formula is C13H25N3O5. The van der Waals surface area contributed by atoms with E-state index in [9.17, 15) is 14.4 Å². The van der Waals surface area contributed by atoms with E-state index in [0.717, 1.165) is 0 Å². The molecule has 0 saturated heterocycles. The van der Waals surface area contributed by atoms with Gasteiger partial charge in [0, 0.05) is 0 Å². The van der Waals surface area contributed by atoms with Crippen molar-refractivity contribution in [3.8, 4) is 0 Å². The van der Waals surface area contributed by atoms with Crippen molar-refractivity contribution >= 4 is 18.1 Å². The van der Waals surface area contributed by atoms with Crippen molar-refractivity contribution in [1.29, 1.82) is 0 Å². The normalized spacial score (nSPS) is 13.6. The van der Waals surface area contributed by atoms with Gasteiger partial charge in [-0.25, -0.2) is 15.0 Å². The Labute approximate surface area is 124 Å². The Kier molecular flexibility index (Phi) is 7.54. The summed E-state index contributed by atoms with van der Waals surface area (Å²) in [5.41, 5.74) is 3.68. The standard InChI is InChI=1S/C13H25N3O5/c1-7-8(2)9(14-11(18)20-6)10(17)15-16-12(19)21-13(3,4)5/h8-9H,7H2,1-6H3,(H,14,18)(H,15,17)(H,16,19). The molecule has 2 atom stereocenters. The number of methoxy groups -OCH3 is 1. The number of rotatable bonds is 4. The number of alkyl carbamates (subject to hydrolysis) is 1. The zero-order chi connectivity index (χ0) is 16.6. The maximum atomic E-state index is 12.0. The molecule has 122 valence electrons. The van der Waals surface area contributed by atoms with E-state index in [-0.39, 0.29) is 5.92 Å². The Bertz CT molecular complexity index is 378. The molecule has 0 rings (SSSR count). The summed E-state index contributed by atoms with van der Waals surface area (Å²) in [5.74, 6) is -0.690. The maximum absolute atomic E-state index is 12.0. The summed E-state index contributed by atoms with van der Waals surface area (Å²) in [7, 11) is 1.21. The molecule has 0 spiro atoms. The fraction of sp³-hybridized carbons (Fsp3) is 0.769. The first kappa shape index (κ1) is 19.0. The van der Waals surface area contributed by atoms with Crippen molar-refractivity contribution in [2.75, 3.05) is 7.11 Å². The van der Waals surface area contributed by atoms with Gasteiger partial charge in [-0.2, -0.15) is 0 Å². The smallest absolute Gasteiger partial charge is 0.426 e. The van der Waals surface area contributed by atoms with Gasteiger partial charge >= 0.3 is 12.2 Å². The highest BCUT2D eigenvalue weighted by molar-refractivity contribution is 5.87. The number of hydrazine groups is 1. The summed E-state index contributed by atoms with van der Waals surface area (Å²) in [6, 6.07) is -0.822. The first-order valence-electron chi connectivity index (χ1n) is 6.74. The summed E-state index contributed by atoms with van der Waals surface area (Å²) in [4.78, 5) is 34.7. The quantitative estimate of drug-likeness (QED) is 0.679. The molecule has 0 fully saturated rings. The molecule has 21 heavy (non-hydrogen) atoms. The lowest BCUT2D eigenvalue weighted by molar-refractivity contribution is -0.125. The van der Waals surface area contributed by atoms with Crippen molar-refractivity contribution in [2.45, 2.75) is 52.7 Å². The monoisotopic (exact) mass is 303 g/mol. The Morgan fingerprint density at radius 3 is 2.10 bits per heavy atom. The van der Waals surface area contributed by atoms with Gasteiger partial charge in [0.25, 0.3) is 5.91 Å². The van der Waals surface area contributed by atoms with Crippen LogP contribution in [0.2, 0.25) is 0 Å². The molecule has 0 bridgehead atoms. The summed E-state index contributed by atoms with van der Waals surface area (Å²) >= 11 is 0. The molecule has 8 heteroatoms. The molecule has 8 nitrogen and oxygen atoms in total. The lowest BCUT2D eigenvalue weighted by Crippen LogP contribution is -2.55. The average Bonchev–Trinajstić information content (AvgIpc) is 2.39. The number of carbonyl (C=O) groups excluding carboxylic acids is 3. The van der Waals surface area contributed by atoms with E-state index in [1.54, 1.807) is 27.7 Å². The largest absolute Gasteiger partial charge is 0.453 e. The molecule has 0 aliphatic carbocycles. The van der Waals surface area contributed by atoms with Gasteiger partial charge in [-0.05, 0) is 26.7 Å². The van der Waals surface area contributed by atoms with E-state index in [0.29, 0.717) is 6.42 Å². The minimum Gasteiger partial charge on any atom is -0.453 e. The number of amides is 3. The highest BCUT2D eigenvalue weighted by Gasteiger charge is 2.27. The fourth-order valence-corrected chi connectivity index (χ4v) is 1.38. The lowest BCUT2D eigenvalue weighted by atomic mass is 9.99. The lowest BCUT2D eigenvalue weighted by Gasteiger charge is -2.24. The molecule has 3 N–H and O–H groups in total. The molecule has 0 aliphatic rings. The Hall–Kier alpha value is -1.99. The van der Waals surface area contributed by atoms with E-state index < -0.39 is 29.7 Å². The van der Waals surface area contributed by atoms with Crippen LogP contribution in [0.25, 0.3) is 0 Å². The number of nitrogens with one attached hydrogen (secondary N) is 3. The molecule has 0 radical (unpaired) electrons. The summed E-state index contributed by atoms with van der Waals surface area (Å²) in [5, 5.41) is 2.42. The van der Waals surface area contributed by atoms with Crippen molar-refractivity contribution in [3.05, 3.63) is 0 Å². The van der Waals surface area contributed by atoms with Crippen molar-refractivity contribution in [2.24, 2.45) is 5.92 Å². The van der Waals surface area contributed by atoms with Crippen molar-refractivity contribution < 1.29 is 23.9 Å².